The molecule has 0 heterocycles. The molecule has 0 aromatic heterocycles. The number of nitrogen functional groups attached to an aromatic ring is 1. The fraction of sp³-hybridized carbons (Fsp3) is 0.273. The van der Waals surface area contributed by atoms with Crippen molar-refractivity contribution < 1.29 is 19.4 Å². The van der Waals surface area contributed by atoms with E-state index in [0.29, 0.717) is 0 Å². The van der Waals surface area contributed by atoms with Gasteiger partial charge in [0.05, 0.1) is 5.56 Å². The number of carboxylic acids is 1. The molecule has 0 bridgehead atoms. The summed E-state index contributed by atoms with van der Waals surface area (Å²) in [5.41, 5.74) is 6.90. The van der Waals surface area contributed by atoms with Gasteiger partial charge in [-0.25, -0.2) is 9.59 Å². The third-order valence-electron chi connectivity index (χ3n) is 2.06. The highest BCUT2D eigenvalue weighted by Crippen LogP contribution is 2.15. The first kappa shape index (κ1) is 12.0. The predicted molar refractivity (Wildman–Crippen MR) is 58.1 cm³/mol. The SMILES string of the molecule is Cc1ccc(N)c(C(=O)OC(C)C(=O)O)c1. The van der Waals surface area contributed by atoms with E-state index in [9.17, 15) is 9.59 Å². The number of hydrogen-bond donors (Lipinski definition) is 2. The number of aliphatic carboxylic acids is 1. The zero-order chi connectivity index (χ0) is 12.3. The monoisotopic (exact) mass is 223 g/mol. The molecule has 16 heavy (non-hydrogen) atoms. The van der Waals surface area contributed by atoms with Gasteiger partial charge in [0.2, 0.25) is 0 Å². The van der Waals surface area contributed by atoms with E-state index in [1.54, 1.807) is 25.1 Å². The van der Waals surface area contributed by atoms with Crippen molar-refractivity contribution in [2.45, 2.75) is 20.0 Å². The van der Waals surface area contributed by atoms with Crippen LogP contribution in [0.25, 0.3) is 0 Å². The molecule has 1 unspecified atom stereocenters. The van der Waals surface area contributed by atoms with Crippen LogP contribution in [0.5, 0.6) is 0 Å². The van der Waals surface area contributed by atoms with Crippen LogP contribution < -0.4 is 5.73 Å². The van der Waals surface area contributed by atoms with Crippen molar-refractivity contribution in [3.05, 3.63) is 29.3 Å². The summed E-state index contributed by atoms with van der Waals surface area (Å²) < 4.78 is 4.72. The molecule has 1 atom stereocenters. The number of carbonyl (C=O) groups excluding carboxylic acids is 1. The van der Waals surface area contributed by atoms with Crippen LogP contribution in [0, 0.1) is 6.92 Å². The highest BCUT2D eigenvalue weighted by atomic mass is 16.6. The zero-order valence-electron chi connectivity index (χ0n) is 9.06. The Morgan fingerprint density at radius 3 is 2.62 bits per heavy atom. The largest absolute Gasteiger partial charge is 0.479 e. The lowest BCUT2D eigenvalue weighted by atomic mass is 10.1. The van der Waals surface area contributed by atoms with E-state index >= 15 is 0 Å². The van der Waals surface area contributed by atoms with Gasteiger partial charge < -0.3 is 15.6 Å². The minimum Gasteiger partial charge on any atom is -0.479 e. The number of rotatable bonds is 3. The summed E-state index contributed by atoms with van der Waals surface area (Å²) in [6, 6.07) is 4.90. The van der Waals surface area contributed by atoms with Gasteiger partial charge in [0, 0.05) is 5.69 Å². The zero-order valence-corrected chi connectivity index (χ0v) is 9.06. The molecule has 5 heteroatoms. The first-order valence-electron chi connectivity index (χ1n) is 4.71. The summed E-state index contributed by atoms with van der Waals surface area (Å²) in [6.07, 6.45) is -1.19. The second-order valence-corrected chi connectivity index (χ2v) is 3.48. The molecule has 5 nitrogen and oxygen atoms in total. The second kappa shape index (κ2) is 4.65. The van der Waals surface area contributed by atoms with Gasteiger partial charge >= 0.3 is 11.9 Å². The first-order chi connectivity index (χ1) is 7.41. The molecule has 0 aliphatic carbocycles. The fourth-order valence-corrected chi connectivity index (χ4v) is 1.12. The Hall–Kier alpha value is -2.04. The molecule has 0 saturated carbocycles. The quantitative estimate of drug-likeness (QED) is 0.593. The molecule has 3 N–H and O–H groups in total. The number of esters is 1. The molecular formula is C11H13NO4. The standard InChI is InChI=1S/C11H13NO4/c1-6-3-4-9(12)8(5-6)11(15)16-7(2)10(13)14/h3-5,7H,12H2,1-2H3,(H,13,14). The summed E-state index contributed by atoms with van der Waals surface area (Å²) in [5.74, 6) is -1.92. The summed E-state index contributed by atoms with van der Waals surface area (Å²) >= 11 is 0. The maximum absolute atomic E-state index is 11.6. The Balaban J connectivity index is 2.88. The summed E-state index contributed by atoms with van der Waals surface area (Å²) in [6.45, 7) is 3.09. The van der Waals surface area contributed by atoms with Gasteiger partial charge in [0.1, 0.15) is 0 Å². The third-order valence-corrected chi connectivity index (χ3v) is 2.06. The predicted octanol–water partition coefficient (Wildman–Crippen LogP) is 1.21. The average molecular weight is 223 g/mol. The molecule has 1 rings (SSSR count). The number of benzene rings is 1. The van der Waals surface area contributed by atoms with E-state index in [4.69, 9.17) is 15.6 Å². The first-order valence-corrected chi connectivity index (χ1v) is 4.71. The molecule has 0 aliphatic heterocycles. The van der Waals surface area contributed by atoms with Crippen LogP contribution in [0.3, 0.4) is 0 Å². The Labute approximate surface area is 92.8 Å². The van der Waals surface area contributed by atoms with Crippen LogP contribution in [0.4, 0.5) is 5.69 Å². The highest BCUT2D eigenvalue weighted by Gasteiger charge is 2.19. The van der Waals surface area contributed by atoms with Gasteiger partial charge in [0.25, 0.3) is 0 Å². The summed E-state index contributed by atoms with van der Waals surface area (Å²) in [7, 11) is 0. The van der Waals surface area contributed by atoms with Crippen molar-refractivity contribution in [2.24, 2.45) is 0 Å². The number of carbonyl (C=O) groups is 2. The Morgan fingerprint density at radius 2 is 2.06 bits per heavy atom. The lowest BCUT2D eigenvalue weighted by molar-refractivity contribution is -0.146. The van der Waals surface area contributed by atoms with E-state index in [2.05, 4.69) is 0 Å². The topological polar surface area (TPSA) is 89.6 Å². The van der Waals surface area contributed by atoms with E-state index in [0.717, 1.165) is 5.56 Å². The minimum absolute atomic E-state index is 0.188. The lowest BCUT2D eigenvalue weighted by Gasteiger charge is -2.10. The van der Waals surface area contributed by atoms with Crippen molar-refractivity contribution in [3.63, 3.8) is 0 Å². The van der Waals surface area contributed by atoms with Gasteiger partial charge in [0.15, 0.2) is 6.10 Å². The Kier molecular flexibility index (Phi) is 3.50. The van der Waals surface area contributed by atoms with Crippen molar-refractivity contribution in [2.75, 3.05) is 5.73 Å². The number of ether oxygens (including phenoxy) is 1. The molecule has 86 valence electrons. The third kappa shape index (κ3) is 2.73. The van der Waals surface area contributed by atoms with E-state index in [-0.39, 0.29) is 11.3 Å². The normalized spacial score (nSPS) is 11.9. The van der Waals surface area contributed by atoms with Gasteiger partial charge in [-0.3, -0.25) is 0 Å². The Bertz CT molecular complexity index is 428. The number of aryl methyl sites for hydroxylation is 1. The van der Waals surface area contributed by atoms with E-state index in [1.165, 1.54) is 6.92 Å². The molecule has 0 spiro atoms. The fourth-order valence-electron chi connectivity index (χ4n) is 1.12. The molecular weight excluding hydrogens is 210 g/mol. The molecule has 1 aromatic rings. The molecule has 0 aliphatic rings. The maximum Gasteiger partial charge on any atom is 0.344 e. The highest BCUT2D eigenvalue weighted by molar-refractivity contribution is 5.96. The van der Waals surface area contributed by atoms with Crippen molar-refractivity contribution in [3.8, 4) is 0 Å². The molecule has 1 aromatic carbocycles. The molecule has 0 amide bonds. The van der Waals surface area contributed by atoms with Crippen LogP contribution in [0.2, 0.25) is 0 Å². The van der Waals surface area contributed by atoms with Crippen molar-refractivity contribution >= 4 is 17.6 Å². The van der Waals surface area contributed by atoms with Gasteiger partial charge in [-0.05, 0) is 26.0 Å². The van der Waals surface area contributed by atoms with Crippen molar-refractivity contribution in [1.29, 1.82) is 0 Å². The van der Waals surface area contributed by atoms with Gasteiger partial charge in [-0.15, -0.1) is 0 Å². The number of anilines is 1. The summed E-state index contributed by atoms with van der Waals surface area (Å²) in [5, 5.41) is 8.59. The van der Waals surface area contributed by atoms with Gasteiger partial charge in [-0.1, -0.05) is 11.6 Å². The van der Waals surface area contributed by atoms with Crippen LogP contribution in [0.1, 0.15) is 22.8 Å². The van der Waals surface area contributed by atoms with Crippen LogP contribution >= 0.6 is 0 Å². The summed E-state index contributed by atoms with van der Waals surface area (Å²) in [4.78, 5) is 22.1. The maximum atomic E-state index is 11.6. The smallest absolute Gasteiger partial charge is 0.344 e. The van der Waals surface area contributed by atoms with Crippen LogP contribution in [-0.2, 0) is 9.53 Å². The second-order valence-electron chi connectivity index (χ2n) is 3.48. The van der Waals surface area contributed by atoms with E-state index in [1.807, 2.05) is 0 Å². The Morgan fingerprint density at radius 1 is 1.44 bits per heavy atom. The van der Waals surface area contributed by atoms with Crippen LogP contribution in [0.15, 0.2) is 18.2 Å². The lowest BCUT2D eigenvalue weighted by Crippen LogP contribution is -2.24. The number of nitrogens with two attached hydrogens (primary N) is 1. The number of carboxylic acid groups (broad SMARTS) is 1. The van der Waals surface area contributed by atoms with Crippen LogP contribution in [-0.4, -0.2) is 23.1 Å². The van der Waals surface area contributed by atoms with Gasteiger partial charge in [-0.2, -0.15) is 0 Å². The molecule has 0 saturated heterocycles. The van der Waals surface area contributed by atoms with Crippen molar-refractivity contribution in [1.82, 2.24) is 0 Å². The van der Waals surface area contributed by atoms with E-state index < -0.39 is 18.0 Å². The molecule has 0 fully saturated rings. The minimum atomic E-state index is -1.19. The molecule has 0 radical (unpaired) electrons. The number of hydrogen-bond acceptors (Lipinski definition) is 4. The average Bonchev–Trinajstić information content (AvgIpc) is 2.21.